The van der Waals surface area contributed by atoms with Crippen molar-refractivity contribution in [3.8, 4) is 28.5 Å². The molecule has 2 heterocycles. The summed E-state index contributed by atoms with van der Waals surface area (Å²) in [5, 5.41) is 22.5. The van der Waals surface area contributed by atoms with Crippen molar-refractivity contribution in [2.24, 2.45) is 12.8 Å². The molecular formula is C24H17FN6O. The van der Waals surface area contributed by atoms with Gasteiger partial charge in [0, 0.05) is 41.1 Å². The van der Waals surface area contributed by atoms with E-state index in [0.29, 0.717) is 22.4 Å². The van der Waals surface area contributed by atoms with Crippen molar-refractivity contribution in [1.82, 2.24) is 20.0 Å². The lowest BCUT2D eigenvalue weighted by Crippen LogP contribution is -2.14. The van der Waals surface area contributed by atoms with E-state index in [1.54, 1.807) is 30.1 Å². The molecule has 0 unspecified atom stereocenters. The van der Waals surface area contributed by atoms with Gasteiger partial charge in [-0.1, -0.05) is 42.5 Å². The summed E-state index contributed by atoms with van der Waals surface area (Å²) in [6.45, 7) is -0.0309. The van der Waals surface area contributed by atoms with Gasteiger partial charge in [0.2, 0.25) is 0 Å². The van der Waals surface area contributed by atoms with Crippen LogP contribution in [0.4, 0.5) is 4.39 Å². The minimum atomic E-state index is -0.602. The number of hydrogen-bond acceptors (Lipinski definition) is 5. The molecule has 0 radical (unpaired) electrons. The summed E-state index contributed by atoms with van der Waals surface area (Å²) in [7, 11) is 1.74. The van der Waals surface area contributed by atoms with Crippen LogP contribution >= 0.6 is 0 Å². The Hall–Kier alpha value is -4.35. The Bertz CT molecular complexity index is 1630. The number of nitrogens with one attached hydrogen (secondary N) is 1. The number of fused-ring (bicyclic) bond motifs is 2. The van der Waals surface area contributed by atoms with Gasteiger partial charge in [-0.2, -0.15) is 15.5 Å². The van der Waals surface area contributed by atoms with Crippen molar-refractivity contribution in [2.45, 2.75) is 6.54 Å². The van der Waals surface area contributed by atoms with Crippen LogP contribution in [-0.4, -0.2) is 20.0 Å². The summed E-state index contributed by atoms with van der Waals surface area (Å²) < 4.78 is 17.4. The summed E-state index contributed by atoms with van der Waals surface area (Å²) in [4.78, 5) is 12.2. The van der Waals surface area contributed by atoms with Crippen LogP contribution in [0.25, 0.3) is 43.9 Å². The minimum Gasteiger partial charge on any atom is -0.325 e. The van der Waals surface area contributed by atoms with Crippen LogP contribution in [-0.2, 0) is 13.6 Å². The number of nitrogens with two attached hydrogens (primary N) is 1. The summed E-state index contributed by atoms with van der Waals surface area (Å²) in [5.41, 5.74) is 7.97. The lowest BCUT2D eigenvalue weighted by Gasteiger charge is -2.13. The molecule has 5 aromatic rings. The van der Waals surface area contributed by atoms with Gasteiger partial charge in [0.05, 0.1) is 28.5 Å². The molecule has 5 rings (SSSR count). The Morgan fingerprint density at radius 2 is 1.88 bits per heavy atom. The van der Waals surface area contributed by atoms with Gasteiger partial charge < -0.3 is 5.73 Å². The van der Waals surface area contributed by atoms with E-state index in [0.717, 1.165) is 10.8 Å². The van der Waals surface area contributed by atoms with E-state index < -0.39 is 11.4 Å². The zero-order valence-electron chi connectivity index (χ0n) is 17.1. The average molecular weight is 424 g/mol. The molecular weight excluding hydrogens is 407 g/mol. The molecule has 156 valence electrons. The largest absolute Gasteiger partial charge is 0.325 e. The van der Waals surface area contributed by atoms with Crippen LogP contribution in [0.2, 0.25) is 0 Å². The van der Waals surface area contributed by atoms with Crippen molar-refractivity contribution in [1.29, 1.82) is 5.26 Å². The number of H-pyrrole nitrogens is 1. The number of aromatic nitrogens is 4. The van der Waals surface area contributed by atoms with E-state index in [1.807, 2.05) is 36.4 Å². The Morgan fingerprint density at radius 3 is 2.66 bits per heavy atom. The lowest BCUT2D eigenvalue weighted by atomic mass is 9.93. The fraction of sp³-hybridized carbons (Fsp3) is 0.0833. The molecule has 0 atom stereocenters. The Morgan fingerprint density at radius 1 is 1.09 bits per heavy atom. The molecule has 0 saturated heterocycles. The molecule has 3 N–H and O–H groups in total. The highest BCUT2D eigenvalue weighted by Crippen LogP contribution is 2.38. The Labute approximate surface area is 181 Å². The highest BCUT2D eigenvalue weighted by molar-refractivity contribution is 5.97. The smallest absolute Gasteiger partial charge is 0.272 e. The molecule has 2 aromatic heterocycles. The Balaban J connectivity index is 1.83. The number of hydrogen-bond donors (Lipinski definition) is 2. The molecule has 0 amide bonds. The number of halogens is 1. The molecule has 0 aliphatic heterocycles. The number of nitriles is 1. The van der Waals surface area contributed by atoms with Gasteiger partial charge in [-0.3, -0.25) is 9.48 Å². The van der Waals surface area contributed by atoms with Gasteiger partial charge in [-0.25, -0.2) is 9.49 Å². The Kier molecular flexibility index (Phi) is 4.54. The predicted octanol–water partition coefficient (Wildman–Crippen LogP) is 3.61. The number of nitrogens with zero attached hydrogens (tertiary/aromatic N) is 4. The molecule has 0 aliphatic carbocycles. The molecule has 8 heteroatoms. The van der Waals surface area contributed by atoms with Crippen LogP contribution in [0.3, 0.4) is 0 Å². The lowest BCUT2D eigenvalue weighted by molar-refractivity contribution is 0.640. The highest BCUT2D eigenvalue weighted by atomic mass is 19.1. The predicted molar refractivity (Wildman–Crippen MR) is 120 cm³/mol. The topological polar surface area (TPSA) is 113 Å². The van der Waals surface area contributed by atoms with Crippen LogP contribution in [0.15, 0.2) is 59.5 Å². The first-order valence-electron chi connectivity index (χ1n) is 9.89. The van der Waals surface area contributed by atoms with E-state index in [9.17, 15) is 10.1 Å². The van der Waals surface area contributed by atoms with Gasteiger partial charge in [0.1, 0.15) is 11.9 Å². The SMILES string of the molecule is Cn1ncc(-c2ccc3c(=O)[nH]nc(CN)c3c2F)c1-c1ccc2ccccc2c1C#N. The second-order valence-corrected chi connectivity index (χ2v) is 7.40. The van der Waals surface area contributed by atoms with Crippen molar-refractivity contribution in [3.05, 3.63) is 82.2 Å². The van der Waals surface area contributed by atoms with Crippen molar-refractivity contribution >= 4 is 21.5 Å². The third-order valence-electron chi connectivity index (χ3n) is 5.69. The van der Waals surface area contributed by atoms with Crippen LogP contribution in [0.1, 0.15) is 11.3 Å². The first-order valence-corrected chi connectivity index (χ1v) is 9.89. The zero-order valence-corrected chi connectivity index (χ0v) is 17.1. The first-order chi connectivity index (χ1) is 15.5. The highest BCUT2D eigenvalue weighted by Gasteiger charge is 2.22. The second kappa shape index (κ2) is 7.41. The number of aryl methyl sites for hydroxylation is 1. The number of rotatable bonds is 3. The molecule has 0 saturated carbocycles. The van der Waals surface area contributed by atoms with Gasteiger partial charge in [0.15, 0.2) is 0 Å². The van der Waals surface area contributed by atoms with Gasteiger partial charge in [-0.05, 0) is 11.5 Å². The minimum absolute atomic E-state index is 0.0309. The van der Waals surface area contributed by atoms with Crippen LogP contribution in [0, 0.1) is 17.1 Å². The van der Waals surface area contributed by atoms with E-state index >= 15 is 4.39 Å². The maximum Gasteiger partial charge on any atom is 0.272 e. The summed E-state index contributed by atoms with van der Waals surface area (Å²) in [6.07, 6.45) is 1.55. The molecule has 3 aromatic carbocycles. The molecule has 0 aliphatic rings. The third-order valence-corrected chi connectivity index (χ3v) is 5.69. The van der Waals surface area contributed by atoms with Crippen molar-refractivity contribution < 1.29 is 4.39 Å². The fourth-order valence-electron chi connectivity index (χ4n) is 4.18. The van der Waals surface area contributed by atoms with Crippen LogP contribution < -0.4 is 11.3 Å². The number of benzene rings is 3. The van der Waals surface area contributed by atoms with E-state index in [4.69, 9.17) is 5.73 Å². The van der Waals surface area contributed by atoms with Crippen molar-refractivity contribution in [2.75, 3.05) is 0 Å². The van der Waals surface area contributed by atoms with E-state index in [2.05, 4.69) is 21.4 Å². The summed E-state index contributed by atoms with van der Waals surface area (Å²) in [6, 6.07) is 16.8. The third kappa shape index (κ3) is 2.80. The van der Waals surface area contributed by atoms with Crippen LogP contribution in [0.5, 0.6) is 0 Å². The first kappa shape index (κ1) is 19.6. The fourth-order valence-corrected chi connectivity index (χ4v) is 4.18. The molecule has 0 fully saturated rings. The second-order valence-electron chi connectivity index (χ2n) is 7.40. The number of aromatic amines is 1. The van der Waals surface area contributed by atoms with Gasteiger partial charge in [-0.15, -0.1) is 0 Å². The molecule has 7 nitrogen and oxygen atoms in total. The average Bonchev–Trinajstić information content (AvgIpc) is 3.19. The van der Waals surface area contributed by atoms with E-state index in [-0.39, 0.29) is 28.6 Å². The van der Waals surface area contributed by atoms with Gasteiger partial charge >= 0.3 is 0 Å². The van der Waals surface area contributed by atoms with Gasteiger partial charge in [0.25, 0.3) is 5.56 Å². The van der Waals surface area contributed by atoms with Crippen molar-refractivity contribution in [3.63, 3.8) is 0 Å². The molecule has 0 spiro atoms. The normalized spacial score (nSPS) is 11.2. The maximum absolute atomic E-state index is 15.8. The molecule has 0 bridgehead atoms. The zero-order chi connectivity index (χ0) is 22.4. The quantitative estimate of drug-likeness (QED) is 0.459. The van der Waals surface area contributed by atoms with E-state index in [1.165, 1.54) is 0 Å². The monoisotopic (exact) mass is 424 g/mol. The maximum atomic E-state index is 15.8. The molecule has 32 heavy (non-hydrogen) atoms. The standard InChI is InChI=1S/C24H17FN6O/c1-31-23(16-7-6-13-4-2-3-5-14(13)18(16)10-26)19(12-28-31)15-8-9-17-21(22(15)25)20(11-27)29-30-24(17)32/h2-9,12H,11,27H2,1H3,(H,30,32). The summed E-state index contributed by atoms with van der Waals surface area (Å²) in [5.74, 6) is -0.602. The summed E-state index contributed by atoms with van der Waals surface area (Å²) >= 11 is 0.